The van der Waals surface area contributed by atoms with Crippen LogP contribution in [0.1, 0.15) is 49.1 Å². The predicted molar refractivity (Wildman–Crippen MR) is 131 cm³/mol. The molecule has 1 N–H and O–H groups in total. The number of carbonyl (C=O) groups is 1. The fourth-order valence-electron chi connectivity index (χ4n) is 5.20. The van der Waals surface area contributed by atoms with Crippen LogP contribution in [0.3, 0.4) is 0 Å². The lowest BCUT2D eigenvalue weighted by atomic mass is 9.89. The first kappa shape index (κ1) is 22.0. The van der Waals surface area contributed by atoms with Crippen LogP contribution in [-0.2, 0) is 17.8 Å². The summed E-state index contributed by atoms with van der Waals surface area (Å²) >= 11 is 0. The predicted octanol–water partition coefficient (Wildman–Crippen LogP) is 5.33. The molecule has 174 valence electrons. The Balaban J connectivity index is 1.10. The Morgan fingerprint density at radius 2 is 1.85 bits per heavy atom. The van der Waals surface area contributed by atoms with Crippen molar-refractivity contribution in [1.82, 2.24) is 9.47 Å². The number of para-hydroxylation sites is 1. The van der Waals surface area contributed by atoms with Gasteiger partial charge in [-0.05, 0) is 86.4 Å². The number of rotatable bonds is 10. The molecule has 0 radical (unpaired) electrons. The molecule has 0 amide bonds. The highest BCUT2D eigenvalue weighted by Crippen LogP contribution is 2.37. The summed E-state index contributed by atoms with van der Waals surface area (Å²) in [5, 5.41) is 10.4. The molecule has 5 heteroatoms. The van der Waals surface area contributed by atoms with Crippen LogP contribution in [0.4, 0.5) is 0 Å². The van der Waals surface area contributed by atoms with Gasteiger partial charge in [-0.25, -0.2) is 0 Å². The number of aliphatic carboxylic acids is 1. The highest BCUT2D eigenvalue weighted by molar-refractivity contribution is 5.84. The van der Waals surface area contributed by atoms with E-state index >= 15 is 0 Å². The van der Waals surface area contributed by atoms with Gasteiger partial charge in [0.1, 0.15) is 5.75 Å². The molecule has 1 aromatic heterocycles. The second-order valence-corrected chi connectivity index (χ2v) is 9.73. The van der Waals surface area contributed by atoms with Crippen LogP contribution in [0.25, 0.3) is 10.9 Å². The third-order valence-electron chi connectivity index (χ3n) is 7.14. The van der Waals surface area contributed by atoms with E-state index in [1.165, 1.54) is 43.1 Å². The number of nitrogens with zero attached hydrogens (tertiary/aromatic N) is 2. The van der Waals surface area contributed by atoms with Crippen molar-refractivity contribution < 1.29 is 14.6 Å². The normalized spacial score (nSPS) is 17.5. The van der Waals surface area contributed by atoms with Gasteiger partial charge >= 0.3 is 5.97 Å². The highest BCUT2D eigenvalue weighted by atomic mass is 16.5. The summed E-state index contributed by atoms with van der Waals surface area (Å²) < 4.78 is 8.39. The Bertz CT molecular complexity index is 1090. The maximum Gasteiger partial charge on any atom is 0.307 e. The molecule has 33 heavy (non-hydrogen) atoms. The Labute approximate surface area is 196 Å². The number of ether oxygens (including phenoxy) is 1. The summed E-state index contributed by atoms with van der Waals surface area (Å²) in [6, 6.07) is 16.4. The van der Waals surface area contributed by atoms with Crippen LogP contribution >= 0.6 is 0 Å². The molecule has 2 heterocycles. The number of aromatic nitrogens is 1. The number of hydrogen-bond acceptors (Lipinski definition) is 3. The van der Waals surface area contributed by atoms with Crippen LogP contribution in [0.2, 0.25) is 0 Å². The van der Waals surface area contributed by atoms with Crippen LogP contribution in [0, 0.1) is 5.92 Å². The Kier molecular flexibility index (Phi) is 6.68. The van der Waals surface area contributed by atoms with E-state index in [1.54, 1.807) is 5.56 Å². The second-order valence-electron chi connectivity index (χ2n) is 9.73. The van der Waals surface area contributed by atoms with Gasteiger partial charge in [0.05, 0.1) is 13.0 Å². The molecular formula is C28H34N2O3. The Morgan fingerprint density at radius 3 is 2.64 bits per heavy atom. The van der Waals surface area contributed by atoms with Gasteiger partial charge in [-0.2, -0.15) is 0 Å². The molecule has 5 nitrogen and oxygen atoms in total. The van der Waals surface area contributed by atoms with Crippen molar-refractivity contribution in [3.63, 3.8) is 0 Å². The summed E-state index contributed by atoms with van der Waals surface area (Å²) in [6.07, 6.45) is 8.68. The smallest absolute Gasteiger partial charge is 0.307 e. The first-order valence-corrected chi connectivity index (χ1v) is 12.4. The molecule has 0 bridgehead atoms. The van der Waals surface area contributed by atoms with E-state index < -0.39 is 5.97 Å². The van der Waals surface area contributed by atoms with Gasteiger partial charge in [-0.1, -0.05) is 30.3 Å². The minimum absolute atomic E-state index is 0.0331. The van der Waals surface area contributed by atoms with E-state index in [0.29, 0.717) is 12.5 Å². The molecule has 2 fully saturated rings. The molecule has 5 rings (SSSR count). The topological polar surface area (TPSA) is 54.7 Å². The second kappa shape index (κ2) is 10.0. The number of fused-ring (bicyclic) bond motifs is 1. The van der Waals surface area contributed by atoms with Gasteiger partial charge in [-0.3, -0.25) is 4.79 Å². The summed E-state index contributed by atoms with van der Waals surface area (Å²) in [6.45, 7) is 5.16. The molecule has 2 aliphatic rings. The fourth-order valence-corrected chi connectivity index (χ4v) is 5.20. The van der Waals surface area contributed by atoms with Gasteiger partial charge in [0.15, 0.2) is 0 Å². The summed E-state index contributed by atoms with van der Waals surface area (Å²) in [4.78, 5) is 13.5. The molecule has 1 saturated heterocycles. The van der Waals surface area contributed by atoms with Crippen LogP contribution in [0.5, 0.6) is 5.75 Å². The van der Waals surface area contributed by atoms with Gasteiger partial charge in [0, 0.05) is 30.2 Å². The number of carboxylic acids is 1. The van der Waals surface area contributed by atoms with E-state index in [-0.39, 0.29) is 6.42 Å². The molecule has 0 atom stereocenters. The van der Waals surface area contributed by atoms with Crippen molar-refractivity contribution in [2.75, 3.05) is 26.2 Å². The van der Waals surface area contributed by atoms with E-state index in [4.69, 9.17) is 9.84 Å². The lowest BCUT2D eigenvalue weighted by Gasteiger charge is -2.32. The van der Waals surface area contributed by atoms with Gasteiger partial charge < -0.3 is 19.3 Å². The zero-order valence-electron chi connectivity index (χ0n) is 19.3. The standard InChI is InChI=1S/C28H34N2O3/c31-28(32)18-22-5-3-6-24(17-22)33-16-4-13-29-14-11-23(12-15-29)26-20-30(19-21-9-10-21)27-8-2-1-7-25(26)27/h1-3,5-8,17,20-21,23H,4,9-16,18-19H2,(H,31,32). The summed E-state index contributed by atoms with van der Waals surface area (Å²) in [7, 11) is 0. The average Bonchev–Trinajstić information content (AvgIpc) is 3.57. The van der Waals surface area contributed by atoms with Crippen molar-refractivity contribution in [3.8, 4) is 5.75 Å². The summed E-state index contributed by atoms with van der Waals surface area (Å²) in [5.74, 6) is 1.48. The number of likely N-dealkylation sites (tertiary alicyclic amines) is 1. The van der Waals surface area contributed by atoms with Crippen LogP contribution < -0.4 is 4.74 Å². The maximum atomic E-state index is 10.9. The van der Waals surface area contributed by atoms with Crippen molar-refractivity contribution in [2.45, 2.75) is 51.0 Å². The van der Waals surface area contributed by atoms with Crippen molar-refractivity contribution in [2.24, 2.45) is 5.92 Å². The third-order valence-corrected chi connectivity index (χ3v) is 7.14. The lowest BCUT2D eigenvalue weighted by molar-refractivity contribution is -0.136. The molecule has 1 aliphatic carbocycles. The molecular weight excluding hydrogens is 412 g/mol. The number of benzene rings is 2. The van der Waals surface area contributed by atoms with E-state index in [9.17, 15) is 4.79 Å². The third kappa shape index (κ3) is 5.59. The van der Waals surface area contributed by atoms with Gasteiger partial charge in [0.25, 0.3) is 0 Å². The number of carboxylic acid groups (broad SMARTS) is 1. The van der Waals surface area contributed by atoms with E-state index in [2.05, 4.69) is 39.9 Å². The minimum atomic E-state index is -0.817. The molecule has 0 spiro atoms. The SMILES string of the molecule is O=C(O)Cc1cccc(OCCCN2CCC(c3cn(CC4CC4)c4ccccc34)CC2)c1. The maximum absolute atomic E-state index is 10.9. The van der Waals surface area contributed by atoms with Crippen molar-refractivity contribution in [3.05, 3.63) is 65.9 Å². The van der Waals surface area contributed by atoms with E-state index in [1.807, 2.05) is 24.3 Å². The Hall–Kier alpha value is -2.79. The molecule has 0 unspecified atom stereocenters. The lowest BCUT2D eigenvalue weighted by Crippen LogP contribution is -2.34. The molecule has 2 aromatic carbocycles. The monoisotopic (exact) mass is 446 g/mol. The minimum Gasteiger partial charge on any atom is -0.494 e. The highest BCUT2D eigenvalue weighted by Gasteiger charge is 2.26. The van der Waals surface area contributed by atoms with Crippen LogP contribution in [-0.4, -0.2) is 46.8 Å². The number of hydrogen-bond donors (Lipinski definition) is 1. The molecule has 3 aromatic rings. The quantitative estimate of drug-likeness (QED) is 0.428. The van der Waals surface area contributed by atoms with Gasteiger partial charge in [0.2, 0.25) is 0 Å². The fraction of sp³-hybridized carbons (Fsp3) is 0.464. The zero-order chi connectivity index (χ0) is 22.6. The van der Waals surface area contributed by atoms with Gasteiger partial charge in [-0.15, -0.1) is 0 Å². The van der Waals surface area contributed by atoms with Crippen molar-refractivity contribution >= 4 is 16.9 Å². The zero-order valence-corrected chi connectivity index (χ0v) is 19.3. The first-order chi connectivity index (χ1) is 16.2. The summed E-state index contributed by atoms with van der Waals surface area (Å²) in [5.41, 5.74) is 3.74. The Morgan fingerprint density at radius 1 is 1.03 bits per heavy atom. The molecule has 1 aliphatic heterocycles. The average molecular weight is 447 g/mol. The van der Waals surface area contributed by atoms with E-state index in [0.717, 1.165) is 43.3 Å². The first-order valence-electron chi connectivity index (χ1n) is 12.4. The van der Waals surface area contributed by atoms with Crippen molar-refractivity contribution in [1.29, 1.82) is 0 Å². The van der Waals surface area contributed by atoms with Crippen LogP contribution in [0.15, 0.2) is 54.7 Å². The molecule has 1 saturated carbocycles. The largest absolute Gasteiger partial charge is 0.494 e. The number of piperidine rings is 1.